The van der Waals surface area contributed by atoms with Crippen LogP contribution in [0.5, 0.6) is 0 Å². The topological polar surface area (TPSA) is 63.6 Å². The minimum absolute atomic E-state index is 0.265. The summed E-state index contributed by atoms with van der Waals surface area (Å²) in [5.74, 6) is -2.28. The van der Waals surface area contributed by atoms with Crippen LogP contribution in [-0.2, 0) is 14.3 Å². The molecule has 1 aromatic rings. The average Bonchev–Trinajstić information content (AvgIpc) is 2.24. The van der Waals surface area contributed by atoms with Gasteiger partial charge in [0.05, 0.1) is 12.3 Å². The van der Waals surface area contributed by atoms with E-state index in [2.05, 4.69) is 0 Å². The number of carboxylic acid groups (broad SMARTS) is 1. The van der Waals surface area contributed by atoms with E-state index in [1.807, 2.05) is 6.07 Å². The van der Waals surface area contributed by atoms with E-state index in [0.29, 0.717) is 5.56 Å². The van der Waals surface area contributed by atoms with Gasteiger partial charge in [0.2, 0.25) is 0 Å². The van der Waals surface area contributed by atoms with Crippen molar-refractivity contribution in [2.24, 2.45) is 0 Å². The third-order valence-electron chi connectivity index (χ3n) is 2.27. The van der Waals surface area contributed by atoms with Gasteiger partial charge in [-0.2, -0.15) is 0 Å². The highest BCUT2D eigenvalue weighted by Crippen LogP contribution is 2.23. The number of hydrogen-bond donors (Lipinski definition) is 1. The molecule has 1 aromatic carbocycles. The van der Waals surface area contributed by atoms with Crippen LogP contribution < -0.4 is 0 Å². The second kappa shape index (κ2) is 5.67. The van der Waals surface area contributed by atoms with Gasteiger partial charge in [-0.1, -0.05) is 30.3 Å². The maximum atomic E-state index is 12.0. The highest BCUT2D eigenvalue weighted by molar-refractivity contribution is 5.84. The van der Waals surface area contributed by atoms with Gasteiger partial charge in [0, 0.05) is 0 Å². The fraction of sp³-hybridized carbons (Fsp3) is 0.429. The number of benzene rings is 1. The molecule has 0 saturated carbocycles. The second-order valence-electron chi connectivity index (χ2n) is 5.09. The van der Waals surface area contributed by atoms with E-state index in [1.165, 1.54) is 0 Å². The van der Waals surface area contributed by atoms with Crippen LogP contribution in [-0.4, -0.2) is 22.6 Å². The van der Waals surface area contributed by atoms with Gasteiger partial charge in [0.25, 0.3) is 0 Å². The van der Waals surface area contributed by atoms with Crippen LogP contribution in [0.2, 0.25) is 0 Å². The zero-order valence-electron chi connectivity index (χ0n) is 10.8. The lowest BCUT2D eigenvalue weighted by molar-refractivity contribution is -0.159. The third kappa shape index (κ3) is 4.57. The molecule has 0 radical (unpaired) electrons. The zero-order valence-corrected chi connectivity index (χ0v) is 10.8. The summed E-state index contributed by atoms with van der Waals surface area (Å²) in [6.45, 7) is 5.27. The summed E-state index contributed by atoms with van der Waals surface area (Å²) in [6.07, 6.45) is -0.265. The van der Waals surface area contributed by atoms with Gasteiger partial charge >= 0.3 is 11.9 Å². The Morgan fingerprint density at radius 2 is 1.78 bits per heavy atom. The van der Waals surface area contributed by atoms with Crippen molar-refractivity contribution in [3.8, 4) is 0 Å². The maximum absolute atomic E-state index is 12.0. The lowest BCUT2D eigenvalue weighted by Gasteiger charge is -2.23. The molecule has 0 aromatic heterocycles. The van der Waals surface area contributed by atoms with Gasteiger partial charge < -0.3 is 9.84 Å². The fourth-order valence-electron chi connectivity index (χ4n) is 1.57. The second-order valence-corrected chi connectivity index (χ2v) is 5.09. The Balaban J connectivity index is 2.92. The monoisotopic (exact) mass is 250 g/mol. The highest BCUT2D eigenvalue weighted by Gasteiger charge is 2.28. The van der Waals surface area contributed by atoms with E-state index in [9.17, 15) is 9.59 Å². The van der Waals surface area contributed by atoms with Gasteiger partial charge in [0.15, 0.2) is 0 Å². The first-order chi connectivity index (χ1) is 8.29. The first-order valence-corrected chi connectivity index (χ1v) is 5.79. The van der Waals surface area contributed by atoms with Crippen LogP contribution in [0.3, 0.4) is 0 Å². The van der Waals surface area contributed by atoms with E-state index in [-0.39, 0.29) is 6.42 Å². The van der Waals surface area contributed by atoms with Crippen molar-refractivity contribution in [2.45, 2.75) is 38.7 Å². The minimum Gasteiger partial charge on any atom is -0.481 e. The number of aliphatic carboxylic acids is 1. The summed E-state index contributed by atoms with van der Waals surface area (Å²) < 4.78 is 5.25. The van der Waals surface area contributed by atoms with Crippen LogP contribution in [0.1, 0.15) is 38.7 Å². The first-order valence-electron chi connectivity index (χ1n) is 5.79. The molecule has 4 heteroatoms. The number of ether oxygens (including phenoxy) is 1. The van der Waals surface area contributed by atoms with Crippen LogP contribution in [0.25, 0.3) is 0 Å². The molecule has 0 aliphatic heterocycles. The molecule has 0 aliphatic carbocycles. The largest absolute Gasteiger partial charge is 0.481 e. The molecule has 1 atom stereocenters. The highest BCUT2D eigenvalue weighted by atomic mass is 16.6. The Morgan fingerprint density at radius 3 is 2.22 bits per heavy atom. The van der Waals surface area contributed by atoms with Crippen molar-refractivity contribution >= 4 is 11.9 Å². The molecule has 0 bridgehead atoms. The first kappa shape index (κ1) is 14.2. The Hall–Kier alpha value is -1.84. The minimum atomic E-state index is -1.02. The molecule has 0 fully saturated rings. The molecule has 0 spiro atoms. The van der Waals surface area contributed by atoms with E-state index >= 15 is 0 Å². The normalized spacial score (nSPS) is 12.8. The van der Waals surface area contributed by atoms with Crippen LogP contribution in [0.15, 0.2) is 30.3 Å². The lowest BCUT2D eigenvalue weighted by atomic mass is 9.95. The van der Waals surface area contributed by atoms with Gasteiger partial charge in [0.1, 0.15) is 5.60 Å². The molecule has 1 unspecified atom stereocenters. The summed E-state index contributed by atoms with van der Waals surface area (Å²) in [7, 11) is 0. The molecule has 18 heavy (non-hydrogen) atoms. The van der Waals surface area contributed by atoms with Crippen LogP contribution >= 0.6 is 0 Å². The maximum Gasteiger partial charge on any atom is 0.314 e. The van der Waals surface area contributed by atoms with Gasteiger partial charge in [-0.15, -0.1) is 0 Å². The van der Waals surface area contributed by atoms with Crippen molar-refractivity contribution in [1.82, 2.24) is 0 Å². The Morgan fingerprint density at radius 1 is 1.22 bits per heavy atom. The number of carbonyl (C=O) groups is 2. The van der Waals surface area contributed by atoms with Crippen molar-refractivity contribution in [3.63, 3.8) is 0 Å². The van der Waals surface area contributed by atoms with Gasteiger partial charge in [-0.3, -0.25) is 9.59 Å². The Bertz CT molecular complexity index is 417. The molecule has 0 amide bonds. The standard InChI is InChI=1S/C14H18O4/c1-14(2,3)18-13(17)11(9-12(15)16)10-7-5-4-6-8-10/h4-8,11H,9H2,1-3H3,(H,15,16). The molecule has 0 heterocycles. The molecule has 0 aliphatic rings. The Labute approximate surface area is 107 Å². The molecular weight excluding hydrogens is 232 g/mol. The van der Waals surface area contributed by atoms with Crippen LogP contribution in [0, 0.1) is 0 Å². The number of esters is 1. The Kier molecular flexibility index (Phi) is 4.48. The molecule has 1 N–H and O–H groups in total. The predicted octanol–water partition coefficient (Wildman–Crippen LogP) is 2.59. The summed E-state index contributed by atoms with van der Waals surface area (Å²) >= 11 is 0. The van der Waals surface area contributed by atoms with Crippen molar-refractivity contribution in [1.29, 1.82) is 0 Å². The zero-order chi connectivity index (χ0) is 13.8. The number of carbonyl (C=O) groups excluding carboxylic acids is 1. The van der Waals surface area contributed by atoms with E-state index in [0.717, 1.165) is 0 Å². The summed E-state index contributed by atoms with van der Waals surface area (Å²) in [5.41, 5.74) is 0.0388. The molecule has 98 valence electrons. The number of rotatable bonds is 4. The molecular formula is C14H18O4. The molecule has 0 saturated heterocycles. The summed E-state index contributed by atoms with van der Waals surface area (Å²) in [4.78, 5) is 22.9. The third-order valence-corrected chi connectivity index (χ3v) is 2.27. The van der Waals surface area contributed by atoms with Gasteiger partial charge in [-0.25, -0.2) is 0 Å². The fourth-order valence-corrected chi connectivity index (χ4v) is 1.57. The SMILES string of the molecule is CC(C)(C)OC(=O)C(CC(=O)O)c1ccccc1. The quantitative estimate of drug-likeness (QED) is 0.834. The van der Waals surface area contributed by atoms with Crippen molar-refractivity contribution < 1.29 is 19.4 Å². The van der Waals surface area contributed by atoms with Gasteiger partial charge in [-0.05, 0) is 26.3 Å². The lowest BCUT2D eigenvalue weighted by Crippen LogP contribution is -2.28. The van der Waals surface area contributed by atoms with E-state index in [1.54, 1.807) is 45.0 Å². The smallest absolute Gasteiger partial charge is 0.314 e. The van der Waals surface area contributed by atoms with E-state index < -0.39 is 23.5 Å². The summed E-state index contributed by atoms with van der Waals surface area (Å²) in [6, 6.07) is 8.83. The number of carboxylic acids is 1. The van der Waals surface area contributed by atoms with Crippen molar-refractivity contribution in [3.05, 3.63) is 35.9 Å². The summed E-state index contributed by atoms with van der Waals surface area (Å²) in [5, 5.41) is 8.88. The van der Waals surface area contributed by atoms with E-state index in [4.69, 9.17) is 9.84 Å². The predicted molar refractivity (Wildman–Crippen MR) is 67.3 cm³/mol. The molecule has 4 nitrogen and oxygen atoms in total. The average molecular weight is 250 g/mol. The van der Waals surface area contributed by atoms with Crippen LogP contribution in [0.4, 0.5) is 0 Å². The number of hydrogen-bond acceptors (Lipinski definition) is 3. The van der Waals surface area contributed by atoms with Crippen molar-refractivity contribution in [2.75, 3.05) is 0 Å². The molecule has 1 rings (SSSR count).